The predicted molar refractivity (Wildman–Crippen MR) is 85.7 cm³/mol. The van der Waals surface area contributed by atoms with E-state index in [2.05, 4.69) is 0 Å². The summed E-state index contributed by atoms with van der Waals surface area (Å²) in [5.41, 5.74) is 1.80. The van der Waals surface area contributed by atoms with Crippen molar-refractivity contribution in [2.75, 3.05) is 33.5 Å². The summed E-state index contributed by atoms with van der Waals surface area (Å²) in [7, 11) is 1.68. The van der Waals surface area contributed by atoms with Crippen molar-refractivity contribution in [2.24, 2.45) is 5.92 Å². The fourth-order valence-electron chi connectivity index (χ4n) is 2.71. The van der Waals surface area contributed by atoms with Crippen molar-refractivity contribution in [3.8, 4) is 5.75 Å². The number of benzene rings is 1. The molecule has 0 aromatic heterocycles. The van der Waals surface area contributed by atoms with Gasteiger partial charge in [-0.05, 0) is 43.4 Å². The minimum absolute atomic E-state index is 0.215. The fraction of sp³-hybridized carbons (Fsp3) is 0.611. The van der Waals surface area contributed by atoms with E-state index >= 15 is 0 Å². The number of hydrogen-bond acceptors (Lipinski definition) is 4. The van der Waals surface area contributed by atoms with Gasteiger partial charge in [0, 0.05) is 45.3 Å². The van der Waals surface area contributed by atoms with Crippen LogP contribution in [0, 0.1) is 12.8 Å². The lowest BCUT2D eigenvalue weighted by Gasteiger charge is -2.21. The molecule has 0 N–H and O–H groups in total. The molecule has 0 unspecified atom stereocenters. The lowest BCUT2D eigenvalue weighted by molar-refractivity contribution is 0.0600. The Morgan fingerprint density at radius 2 is 2.05 bits per heavy atom. The minimum atomic E-state index is 0.215. The molecule has 0 amide bonds. The molecule has 1 aromatic carbocycles. The Morgan fingerprint density at radius 3 is 2.77 bits per heavy atom. The van der Waals surface area contributed by atoms with Gasteiger partial charge in [0.25, 0.3) is 0 Å². The second kappa shape index (κ2) is 8.91. The van der Waals surface area contributed by atoms with Crippen LogP contribution in [0.1, 0.15) is 41.6 Å². The largest absolute Gasteiger partial charge is 0.493 e. The Kier molecular flexibility index (Phi) is 6.87. The highest BCUT2D eigenvalue weighted by molar-refractivity contribution is 5.97. The molecule has 1 saturated heterocycles. The maximum absolute atomic E-state index is 12.5. The SMILES string of the molecule is COCCCOc1ccc(C)c(C(=O)CC2CCOCC2)c1. The summed E-state index contributed by atoms with van der Waals surface area (Å²) < 4.78 is 16.0. The summed E-state index contributed by atoms with van der Waals surface area (Å²) in [5, 5.41) is 0. The molecule has 0 spiro atoms. The highest BCUT2D eigenvalue weighted by atomic mass is 16.5. The number of carbonyl (C=O) groups excluding carboxylic acids is 1. The Hall–Kier alpha value is -1.39. The van der Waals surface area contributed by atoms with Crippen LogP contribution in [0.2, 0.25) is 0 Å². The van der Waals surface area contributed by atoms with E-state index in [1.54, 1.807) is 7.11 Å². The van der Waals surface area contributed by atoms with Gasteiger partial charge in [-0.15, -0.1) is 0 Å². The zero-order valence-corrected chi connectivity index (χ0v) is 13.6. The molecule has 0 saturated carbocycles. The first-order chi connectivity index (χ1) is 10.7. The molecule has 1 aromatic rings. The van der Waals surface area contributed by atoms with E-state index < -0.39 is 0 Å². The van der Waals surface area contributed by atoms with Crippen LogP contribution in [-0.2, 0) is 9.47 Å². The zero-order valence-electron chi connectivity index (χ0n) is 13.6. The van der Waals surface area contributed by atoms with E-state index in [1.165, 1.54) is 0 Å². The van der Waals surface area contributed by atoms with Crippen LogP contribution in [0.25, 0.3) is 0 Å². The Labute approximate surface area is 132 Å². The van der Waals surface area contributed by atoms with Gasteiger partial charge in [-0.25, -0.2) is 0 Å². The molecule has 0 bridgehead atoms. The summed E-state index contributed by atoms with van der Waals surface area (Å²) >= 11 is 0. The third-order valence-electron chi connectivity index (χ3n) is 4.09. The summed E-state index contributed by atoms with van der Waals surface area (Å²) in [6, 6.07) is 5.76. The number of Topliss-reactive ketones (excluding diaryl/α,β-unsaturated/α-hetero) is 1. The lowest BCUT2D eigenvalue weighted by Crippen LogP contribution is -2.19. The van der Waals surface area contributed by atoms with E-state index in [0.29, 0.717) is 25.6 Å². The number of aryl methyl sites for hydroxylation is 1. The molecule has 4 heteroatoms. The molecule has 122 valence electrons. The summed E-state index contributed by atoms with van der Waals surface area (Å²) in [6.45, 7) is 4.82. The molecular formula is C18H26O4. The van der Waals surface area contributed by atoms with E-state index in [0.717, 1.165) is 49.4 Å². The average molecular weight is 306 g/mol. The van der Waals surface area contributed by atoms with E-state index in [4.69, 9.17) is 14.2 Å². The first kappa shape index (κ1) is 17.0. The second-order valence-electron chi connectivity index (χ2n) is 5.85. The van der Waals surface area contributed by atoms with Crippen molar-refractivity contribution in [3.63, 3.8) is 0 Å². The number of carbonyl (C=O) groups is 1. The summed E-state index contributed by atoms with van der Waals surface area (Å²) in [5.74, 6) is 1.43. The molecule has 1 aliphatic heterocycles. The van der Waals surface area contributed by atoms with Gasteiger partial charge in [0.2, 0.25) is 0 Å². The van der Waals surface area contributed by atoms with Gasteiger partial charge in [0.1, 0.15) is 5.75 Å². The standard InChI is InChI=1S/C18H26O4/c1-14-4-5-16(22-9-3-8-20-2)13-17(14)18(19)12-15-6-10-21-11-7-15/h4-5,13,15H,3,6-12H2,1-2H3. The molecular weight excluding hydrogens is 280 g/mol. The van der Waals surface area contributed by atoms with Crippen LogP contribution >= 0.6 is 0 Å². The quantitative estimate of drug-likeness (QED) is 0.545. The molecule has 0 radical (unpaired) electrons. The average Bonchev–Trinajstić information content (AvgIpc) is 2.54. The topological polar surface area (TPSA) is 44.8 Å². The summed E-state index contributed by atoms with van der Waals surface area (Å²) in [4.78, 5) is 12.5. The normalized spacial score (nSPS) is 15.7. The smallest absolute Gasteiger partial charge is 0.163 e. The van der Waals surface area contributed by atoms with E-state index in [9.17, 15) is 4.79 Å². The number of ketones is 1. The molecule has 4 nitrogen and oxygen atoms in total. The van der Waals surface area contributed by atoms with Crippen LogP contribution in [0.15, 0.2) is 18.2 Å². The van der Waals surface area contributed by atoms with Crippen LogP contribution in [0.5, 0.6) is 5.75 Å². The molecule has 1 heterocycles. The maximum Gasteiger partial charge on any atom is 0.163 e. The van der Waals surface area contributed by atoms with Crippen LogP contribution < -0.4 is 4.74 Å². The number of ether oxygens (including phenoxy) is 3. The van der Waals surface area contributed by atoms with Gasteiger partial charge in [0.05, 0.1) is 6.61 Å². The molecule has 0 atom stereocenters. The first-order valence-electron chi connectivity index (χ1n) is 8.04. The molecule has 22 heavy (non-hydrogen) atoms. The van der Waals surface area contributed by atoms with Gasteiger partial charge in [-0.1, -0.05) is 6.07 Å². The highest BCUT2D eigenvalue weighted by Gasteiger charge is 2.19. The van der Waals surface area contributed by atoms with Crippen molar-refractivity contribution in [2.45, 2.75) is 32.6 Å². The molecule has 1 aliphatic rings. The number of rotatable bonds is 8. The van der Waals surface area contributed by atoms with Crippen molar-refractivity contribution < 1.29 is 19.0 Å². The minimum Gasteiger partial charge on any atom is -0.493 e. The van der Waals surface area contributed by atoms with Crippen molar-refractivity contribution in [1.29, 1.82) is 0 Å². The van der Waals surface area contributed by atoms with Crippen molar-refractivity contribution in [3.05, 3.63) is 29.3 Å². The van der Waals surface area contributed by atoms with Crippen LogP contribution in [-0.4, -0.2) is 39.3 Å². The van der Waals surface area contributed by atoms with Crippen molar-refractivity contribution in [1.82, 2.24) is 0 Å². The highest BCUT2D eigenvalue weighted by Crippen LogP contribution is 2.24. The van der Waals surface area contributed by atoms with E-state index in [1.807, 2.05) is 25.1 Å². The van der Waals surface area contributed by atoms with Gasteiger partial charge in [-0.2, -0.15) is 0 Å². The third kappa shape index (κ3) is 5.11. The van der Waals surface area contributed by atoms with Gasteiger partial charge >= 0.3 is 0 Å². The van der Waals surface area contributed by atoms with Gasteiger partial charge < -0.3 is 14.2 Å². The van der Waals surface area contributed by atoms with Gasteiger partial charge in [0.15, 0.2) is 5.78 Å². The third-order valence-corrected chi connectivity index (χ3v) is 4.09. The van der Waals surface area contributed by atoms with Gasteiger partial charge in [-0.3, -0.25) is 4.79 Å². The zero-order chi connectivity index (χ0) is 15.8. The lowest BCUT2D eigenvalue weighted by atomic mass is 9.90. The monoisotopic (exact) mass is 306 g/mol. The fourth-order valence-corrected chi connectivity index (χ4v) is 2.71. The number of methoxy groups -OCH3 is 1. The Bertz CT molecular complexity index is 478. The first-order valence-corrected chi connectivity index (χ1v) is 8.04. The molecule has 2 rings (SSSR count). The Balaban J connectivity index is 1.94. The maximum atomic E-state index is 12.5. The van der Waals surface area contributed by atoms with Crippen LogP contribution in [0.3, 0.4) is 0 Å². The van der Waals surface area contributed by atoms with Crippen LogP contribution in [0.4, 0.5) is 0 Å². The number of hydrogen-bond donors (Lipinski definition) is 0. The molecule has 0 aliphatic carbocycles. The van der Waals surface area contributed by atoms with E-state index in [-0.39, 0.29) is 5.78 Å². The Morgan fingerprint density at radius 1 is 1.27 bits per heavy atom. The second-order valence-corrected chi connectivity index (χ2v) is 5.85. The molecule has 1 fully saturated rings. The predicted octanol–water partition coefficient (Wildman–Crippen LogP) is 3.41. The van der Waals surface area contributed by atoms with Crippen molar-refractivity contribution >= 4 is 5.78 Å². The summed E-state index contributed by atoms with van der Waals surface area (Å²) in [6.07, 6.45) is 3.42.